The van der Waals surface area contributed by atoms with Gasteiger partial charge in [-0.1, -0.05) is 44.2 Å². The van der Waals surface area contributed by atoms with Gasteiger partial charge < -0.3 is 19.3 Å². The highest BCUT2D eigenvalue weighted by atomic mass is 16.5. The van der Waals surface area contributed by atoms with E-state index in [9.17, 15) is 9.90 Å². The van der Waals surface area contributed by atoms with Crippen LogP contribution in [0.25, 0.3) is 10.8 Å². The van der Waals surface area contributed by atoms with Gasteiger partial charge in [0.25, 0.3) is 0 Å². The molecule has 0 amide bonds. The highest BCUT2D eigenvalue weighted by Crippen LogP contribution is 2.33. The topological polar surface area (TPSA) is 65.0 Å². The summed E-state index contributed by atoms with van der Waals surface area (Å²) in [6.07, 6.45) is 2.22. The van der Waals surface area contributed by atoms with Gasteiger partial charge in [0.05, 0.1) is 6.61 Å². The highest BCUT2D eigenvalue weighted by molar-refractivity contribution is 5.93. The quantitative estimate of drug-likeness (QED) is 0.406. The van der Waals surface area contributed by atoms with Crippen molar-refractivity contribution in [2.75, 3.05) is 19.8 Å². The molecule has 2 aromatic carbocycles. The number of hydrogen-bond acceptors (Lipinski definition) is 5. The molecule has 134 valence electrons. The second-order valence-electron chi connectivity index (χ2n) is 5.61. The van der Waals surface area contributed by atoms with Crippen molar-refractivity contribution in [3.8, 4) is 11.5 Å². The largest absolute Gasteiger partial charge is 0.493 e. The molecule has 0 fully saturated rings. The van der Waals surface area contributed by atoms with Crippen LogP contribution >= 0.6 is 0 Å². The molecule has 25 heavy (non-hydrogen) atoms. The third kappa shape index (κ3) is 5.50. The minimum Gasteiger partial charge on any atom is -0.493 e. The number of fused-ring (bicyclic) bond motifs is 1. The van der Waals surface area contributed by atoms with Crippen molar-refractivity contribution in [2.24, 2.45) is 0 Å². The van der Waals surface area contributed by atoms with Crippen molar-refractivity contribution in [1.82, 2.24) is 0 Å². The Balaban J connectivity index is 2.05. The van der Waals surface area contributed by atoms with Crippen molar-refractivity contribution in [1.29, 1.82) is 0 Å². The minimum absolute atomic E-state index is 0.0183. The summed E-state index contributed by atoms with van der Waals surface area (Å²) in [5, 5.41) is 11.7. The fraction of sp³-hybridized carbons (Fsp3) is 0.350. The van der Waals surface area contributed by atoms with Crippen molar-refractivity contribution in [2.45, 2.75) is 25.9 Å². The zero-order valence-electron chi connectivity index (χ0n) is 14.4. The normalized spacial score (nSPS) is 11.8. The van der Waals surface area contributed by atoms with Crippen LogP contribution in [0.5, 0.6) is 11.5 Å². The number of aliphatic hydroxyl groups is 1. The van der Waals surface area contributed by atoms with Gasteiger partial charge >= 0.3 is 5.97 Å². The fourth-order valence-corrected chi connectivity index (χ4v) is 2.29. The second-order valence-corrected chi connectivity index (χ2v) is 5.61. The smallest absolute Gasteiger partial charge is 0.330 e. The number of aliphatic hydroxyl groups excluding tert-OH is 1. The van der Waals surface area contributed by atoms with E-state index in [1.807, 2.05) is 36.4 Å². The van der Waals surface area contributed by atoms with E-state index < -0.39 is 12.1 Å². The first-order chi connectivity index (χ1) is 12.2. The molecule has 0 radical (unpaired) electrons. The first kappa shape index (κ1) is 18.8. The third-order valence-corrected chi connectivity index (χ3v) is 3.62. The average molecular weight is 344 g/mol. The maximum atomic E-state index is 11.0. The van der Waals surface area contributed by atoms with Crippen LogP contribution in [-0.4, -0.2) is 37.0 Å². The summed E-state index contributed by atoms with van der Waals surface area (Å²) in [7, 11) is 0. The average Bonchev–Trinajstić information content (AvgIpc) is 2.65. The number of carbonyl (C=O) groups excluding carboxylic acids is 1. The van der Waals surface area contributed by atoms with Crippen LogP contribution in [0.1, 0.15) is 19.8 Å². The van der Waals surface area contributed by atoms with E-state index in [0.717, 1.165) is 35.4 Å². The number of benzene rings is 2. The number of unbranched alkanes of at least 4 members (excludes halogenated alkanes) is 1. The zero-order chi connectivity index (χ0) is 18.1. The lowest BCUT2D eigenvalue weighted by atomic mass is 10.1. The Bertz CT molecular complexity index is 710. The van der Waals surface area contributed by atoms with Crippen LogP contribution in [0, 0.1) is 0 Å². The Morgan fingerprint density at radius 3 is 2.36 bits per heavy atom. The van der Waals surface area contributed by atoms with Crippen LogP contribution in [0.4, 0.5) is 0 Å². The Kier molecular flexibility index (Phi) is 7.29. The summed E-state index contributed by atoms with van der Waals surface area (Å²) in [5.74, 6) is 0.891. The summed E-state index contributed by atoms with van der Waals surface area (Å²) >= 11 is 0. The number of esters is 1. The van der Waals surface area contributed by atoms with E-state index in [1.54, 1.807) is 0 Å². The summed E-state index contributed by atoms with van der Waals surface area (Å²) in [6.45, 7) is 5.98. The van der Waals surface area contributed by atoms with Gasteiger partial charge in [-0.2, -0.15) is 0 Å². The molecule has 0 aliphatic carbocycles. The van der Waals surface area contributed by atoms with Crippen LogP contribution in [0.3, 0.4) is 0 Å². The van der Waals surface area contributed by atoms with Crippen molar-refractivity contribution >= 4 is 16.7 Å². The predicted molar refractivity (Wildman–Crippen MR) is 97.0 cm³/mol. The molecule has 0 bridgehead atoms. The van der Waals surface area contributed by atoms with Crippen LogP contribution in [0.2, 0.25) is 0 Å². The Morgan fingerprint density at radius 2 is 1.76 bits per heavy atom. The van der Waals surface area contributed by atoms with Gasteiger partial charge in [-0.05, 0) is 18.6 Å². The molecule has 0 heterocycles. The molecule has 1 N–H and O–H groups in total. The van der Waals surface area contributed by atoms with Gasteiger partial charge in [0.1, 0.15) is 30.8 Å². The first-order valence-corrected chi connectivity index (χ1v) is 8.40. The summed E-state index contributed by atoms with van der Waals surface area (Å²) in [4.78, 5) is 11.0. The number of carbonyl (C=O) groups is 1. The summed E-state index contributed by atoms with van der Waals surface area (Å²) in [5.41, 5.74) is 0. The van der Waals surface area contributed by atoms with E-state index in [2.05, 4.69) is 13.5 Å². The molecule has 2 aromatic rings. The molecule has 0 spiro atoms. The van der Waals surface area contributed by atoms with E-state index in [4.69, 9.17) is 14.2 Å². The van der Waals surface area contributed by atoms with Crippen LogP contribution in [-0.2, 0) is 9.53 Å². The van der Waals surface area contributed by atoms with E-state index in [0.29, 0.717) is 12.4 Å². The molecule has 5 heteroatoms. The molecule has 1 unspecified atom stereocenters. The molecular weight excluding hydrogens is 320 g/mol. The maximum absolute atomic E-state index is 11.0. The number of rotatable bonds is 10. The monoisotopic (exact) mass is 344 g/mol. The van der Waals surface area contributed by atoms with Crippen LogP contribution < -0.4 is 9.47 Å². The standard InChI is InChI=1S/C20H24O5/c1-3-5-12-23-18-10-11-19(17-9-7-6-8-16(17)18)24-13-15(21)14-25-20(22)4-2/h4,6-11,15,21H,2-3,5,12-14H2,1H3. The van der Waals surface area contributed by atoms with Crippen LogP contribution in [0.15, 0.2) is 49.1 Å². The molecule has 0 aromatic heterocycles. The van der Waals surface area contributed by atoms with Gasteiger partial charge in [-0.3, -0.25) is 0 Å². The lowest BCUT2D eigenvalue weighted by molar-refractivity contribution is -0.141. The molecular formula is C20H24O5. The first-order valence-electron chi connectivity index (χ1n) is 8.40. The van der Waals surface area contributed by atoms with Gasteiger partial charge in [-0.25, -0.2) is 4.79 Å². The lowest BCUT2D eigenvalue weighted by Gasteiger charge is -2.15. The van der Waals surface area contributed by atoms with E-state index in [1.165, 1.54) is 0 Å². The lowest BCUT2D eigenvalue weighted by Crippen LogP contribution is -2.24. The van der Waals surface area contributed by atoms with Crippen molar-refractivity contribution in [3.63, 3.8) is 0 Å². The molecule has 1 atom stereocenters. The summed E-state index contributed by atoms with van der Waals surface area (Å²) < 4.78 is 16.3. The van der Waals surface area contributed by atoms with Gasteiger partial charge in [0.2, 0.25) is 0 Å². The van der Waals surface area contributed by atoms with E-state index in [-0.39, 0.29) is 13.2 Å². The van der Waals surface area contributed by atoms with E-state index >= 15 is 0 Å². The molecule has 0 aliphatic heterocycles. The molecule has 0 aliphatic rings. The molecule has 5 nitrogen and oxygen atoms in total. The molecule has 0 saturated carbocycles. The summed E-state index contributed by atoms with van der Waals surface area (Å²) in [6, 6.07) is 11.5. The Hall–Kier alpha value is -2.53. The third-order valence-electron chi connectivity index (χ3n) is 3.62. The van der Waals surface area contributed by atoms with Crippen molar-refractivity contribution in [3.05, 3.63) is 49.1 Å². The molecule has 0 saturated heterocycles. The second kappa shape index (κ2) is 9.69. The van der Waals surface area contributed by atoms with Crippen molar-refractivity contribution < 1.29 is 24.1 Å². The zero-order valence-corrected chi connectivity index (χ0v) is 14.4. The fourth-order valence-electron chi connectivity index (χ4n) is 2.29. The Labute approximate surface area is 147 Å². The number of hydrogen-bond donors (Lipinski definition) is 1. The maximum Gasteiger partial charge on any atom is 0.330 e. The minimum atomic E-state index is -0.914. The SMILES string of the molecule is C=CC(=O)OCC(O)COc1ccc(OCCCC)c2ccccc12. The van der Waals surface area contributed by atoms with Gasteiger partial charge in [0, 0.05) is 16.8 Å². The van der Waals surface area contributed by atoms with Gasteiger partial charge in [-0.15, -0.1) is 0 Å². The molecule has 2 rings (SSSR count). The predicted octanol–water partition coefficient (Wildman–Crippen LogP) is 3.49. The number of ether oxygens (including phenoxy) is 3. The van der Waals surface area contributed by atoms with Gasteiger partial charge in [0.15, 0.2) is 0 Å². The highest BCUT2D eigenvalue weighted by Gasteiger charge is 2.11. The Morgan fingerprint density at radius 1 is 1.12 bits per heavy atom.